The Labute approximate surface area is 185 Å². The molecule has 1 fully saturated rings. The molecule has 5 rings (SSSR count). The van der Waals surface area contributed by atoms with Gasteiger partial charge in [0, 0.05) is 22.7 Å². The summed E-state index contributed by atoms with van der Waals surface area (Å²) in [6.07, 6.45) is 1.92. The molecule has 7 nitrogen and oxygen atoms in total. The summed E-state index contributed by atoms with van der Waals surface area (Å²) in [4.78, 5) is 32.7. The number of carbonyl (C=O) groups is 1. The van der Waals surface area contributed by atoms with E-state index in [9.17, 15) is 9.59 Å². The van der Waals surface area contributed by atoms with Gasteiger partial charge in [-0.05, 0) is 38.3 Å². The summed E-state index contributed by atoms with van der Waals surface area (Å²) in [6.45, 7) is 3.53. The molecule has 31 heavy (non-hydrogen) atoms. The number of aromatic amines is 2. The fraction of sp³-hybridized carbons (Fsp3) is 0.217. The van der Waals surface area contributed by atoms with E-state index < -0.39 is 0 Å². The van der Waals surface area contributed by atoms with Crippen LogP contribution in [0, 0.1) is 6.92 Å². The van der Waals surface area contributed by atoms with Gasteiger partial charge in [-0.1, -0.05) is 42.5 Å². The third kappa shape index (κ3) is 3.72. The van der Waals surface area contributed by atoms with Crippen molar-refractivity contribution in [1.29, 1.82) is 0 Å². The lowest BCUT2D eigenvalue weighted by Gasteiger charge is -2.08. The van der Waals surface area contributed by atoms with Crippen LogP contribution in [0.4, 0.5) is 0 Å². The van der Waals surface area contributed by atoms with Crippen molar-refractivity contribution in [2.75, 3.05) is 0 Å². The van der Waals surface area contributed by atoms with E-state index in [0.29, 0.717) is 28.6 Å². The molecule has 2 N–H and O–H groups in total. The molecule has 1 aliphatic carbocycles. The highest BCUT2D eigenvalue weighted by molar-refractivity contribution is 5.96. The molecule has 0 unspecified atom stereocenters. The fourth-order valence-electron chi connectivity index (χ4n) is 3.71. The standard InChI is InChI=1S/C23H21N5O2.ClH/c1-13-8-9-16(14(2)29)12-18(13)19-20(22-26-27-23(30)28(22)17-10-11-17)25-21(24-19)15-6-4-3-5-7-15;/h3-9,12,17H,10-11H2,1-2H3,(H,24,25)(H,27,30);1H. The molecule has 1 aliphatic rings. The van der Waals surface area contributed by atoms with Crippen LogP contribution in [0.15, 0.2) is 53.3 Å². The van der Waals surface area contributed by atoms with E-state index in [1.807, 2.05) is 55.5 Å². The number of benzene rings is 2. The molecule has 0 radical (unpaired) electrons. The number of hydrogen-bond donors (Lipinski definition) is 2. The Kier molecular flexibility index (Phi) is 5.37. The molecule has 0 amide bonds. The first-order valence-electron chi connectivity index (χ1n) is 9.97. The normalized spacial score (nSPS) is 13.1. The third-order valence-corrected chi connectivity index (χ3v) is 5.49. The Morgan fingerprint density at radius 1 is 1.13 bits per heavy atom. The summed E-state index contributed by atoms with van der Waals surface area (Å²) in [6, 6.07) is 15.6. The predicted octanol–water partition coefficient (Wildman–Crippen LogP) is 4.56. The van der Waals surface area contributed by atoms with Crippen molar-refractivity contribution in [2.45, 2.75) is 32.7 Å². The van der Waals surface area contributed by atoms with E-state index in [4.69, 9.17) is 4.98 Å². The van der Waals surface area contributed by atoms with Crippen LogP contribution in [0.5, 0.6) is 0 Å². The lowest BCUT2D eigenvalue weighted by Crippen LogP contribution is -2.16. The monoisotopic (exact) mass is 435 g/mol. The van der Waals surface area contributed by atoms with Crippen LogP contribution in [0.1, 0.15) is 41.7 Å². The first-order chi connectivity index (χ1) is 14.5. The zero-order valence-electron chi connectivity index (χ0n) is 17.2. The van der Waals surface area contributed by atoms with Gasteiger partial charge < -0.3 is 4.98 Å². The number of Topliss-reactive ketones (excluding diaryl/α,β-unsaturated/α-hetero) is 1. The predicted molar refractivity (Wildman–Crippen MR) is 122 cm³/mol. The molecule has 0 aliphatic heterocycles. The summed E-state index contributed by atoms with van der Waals surface area (Å²) in [5.41, 5.74) is 4.51. The largest absolute Gasteiger partial charge is 0.343 e. The number of carbonyl (C=O) groups excluding carboxylic acids is 1. The molecular weight excluding hydrogens is 414 g/mol. The van der Waals surface area contributed by atoms with Gasteiger partial charge in [0.25, 0.3) is 0 Å². The number of hydrogen-bond acceptors (Lipinski definition) is 4. The highest BCUT2D eigenvalue weighted by atomic mass is 35.5. The molecule has 2 heterocycles. The number of imidazole rings is 1. The molecular formula is C23H22ClN5O2. The number of aromatic nitrogens is 5. The fourth-order valence-corrected chi connectivity index (χ4v) is 3.71. The Morgan fingerprint density at radius 2 is 1.87 bits per heavy atom. The first kappa shape index (κ1) is 20.8. The number of H-pyrrole nitrogens is 2. The van der Waals surface area contributed by atoms with Crippen LogP contribution >= 0.6 is 12.4 Å². The molecule has 2 aromatic carbocycles. The van der Waals surface area contributed by atoms with Crippen molar-refractivity contribution in [2.24, 2.45) is 0 Å². The molecule has 4 aromatic rings. The number of halogens is 1. The van der Waals surface area contributed by atoms with E-state index in [2.05, 4.69) is 15.2 Å². The maximum Gasteiger partial charge on any atom is 0.343 e. The molecule has 0 bridgehead atoms. The van der Waals surface area contributed by atoms with Gasteiger partial charge in [0.1, 0.15) is 17.2 Å². The van der Waals surface area contributed by atoms with Crippen LogP contribution in [0.2, 0.25) is 0 Å². The van der Waals surface area contributed by atoms with Gasteiger partial charge in [0.05, 0.1) is 0 Å². The van der Waals surface area contributed by atoms with Gasteiger partial charge in [-0.15, -0.1) is 12.4 Å². The van der Waals surface area contributed by atoms with Gasteiger partial charge in [0.2, 0.25) is 0 Å². The van der Waals surface area contributed by atoms with Crippen molar-refractivity contribution in [3.05, 3.63) is 70.1 Å². The first-order valence-corrected chi connectivity index (χ1v) is 9.97. The summed E-state index contributed by atoms with van der Waals surface area (Å²) in [5.74, 6) is 1.22. The Morgan fingerprint density at radius 3 is 2.55 bits per heavy atom. The second-order valence-electron chi connectivity index (χ2n) is 7.71. The second kappa shape index (κ2) is 8.00. The molecule has 1 saturated carbocycles. The van der Waals surface area contributed by atoms with Gasteiger partial charge in [-0.25, -0.2) is 14.9 Å². The van der Waals surface area contributed by atoms with Crippen LogP contribution in [0.25, 0.3) is 34.2 Å². The van der Waals surface area contributed by atoms with Crippen molar-refractivity contribution in [3.63, 3.8) is 0 Å². The minimum Gasteiger partial charge on any atom is -0.335 e. The number of nitrogens with zero attached hydrogens (tertiary/aromatic N) is 3. The Balaban J connectivity index is 0.00000231. The van der Waals surface area contributed by atoms with Crippen molar-refractivity contribution < 1.29 is 4.79 Å². The van der Waals surface area contributed by atoms with E-state index in [-0.39, 0.29) is 29.9 Å². The van der Waals surface area contributed by atoms with E-state index >= 15 is 0 Å². The second-order valence-corrected chi connectivity index (χ2v) is 7.71. The summed E-state index contributed by atoms with van der Waals surface area (Å²) < 4.78 is 1.70. The zero-order valence-corrected chi connectivity index (χ0v) is 18.0. The maximum absolute atomic E-state index is 12.4. The number of nitrogens with one attached hydrogen (secondary N) is 2. The van der Waals surface area contributed by atoms with Crippen molar-refractivity contribution in [3.8, 4) is 34.2 Å². The highest BCUT2D eigenvalue weighted by Crippen LogP contribution is 2.39. The molecule has 2 aromatic heterocycles. The lowest BCUT2D eigenvalue weighted by molar-refractivity contribution is 0.101. The lowest BCUT2D eigenvalue weighted by atomic mass is 9.99. The van der Waals surface area contributed by atoms with Crippen molar-refractivity contribution >= 4 is 18.2 Å². The van der Waals surface area contributed by atoms with E-state index in [1.54, 1.807) is 11.5 Å². The molecule has 0 atom stereocenters. The van der Waals surface area contributed by atoms with Gasteiger partial charge >= 0.3 is 5.69 Å². The topological polar surface area (TPSA) is 96.4 Å². The summed E-state index contributed by atoms with van der Waals surface area (Å²) in [5, 5.41) is 6.90. The van der Waals surface area contributed by atoms with Crippen LogP contribution in [0.3, 0.4) is 0 Å². The molecule has 8 heteroatoms. The SMILES string of the molecule is CC(=O)c1ccc(C)c(-c2nc(-c3ccccc3)[nH]c2-c2n[nH]c(=O)n2C2CC2)c1.Cl. The van der Waals surface area contributed by atoms with Crippen LogP contribution in [-0.4, -0.2) is 30.5 Å². The summed E-state index contributed by atoms with van der Waals surface area (Å²) >= 11 is 0. The van der Waals surface area contributed by atoms with E-state index in [1.165, 1.54) is 0 Å². The Hall–Kier alpha value is -3.45. The number of rotatable bonds is 5. The number of ketones is 1. The van der Waals surface area contributed by atoms with Crippen molar-refractivity contribution in [1.82, 2.24) is 24.7 Å². The smallest absolute Gasteiger partial charge is 0.335 e. The summed E-state index contributed by atoms with van der Waals surface area (Å²) in [7, 11) is 0. The minimum atomic E-state index is -0.219. The van der Waals surface area contributed by atoms with Gasteiger partial charge in [-0.3, -0.25) is 9.36 Å². The average Bonchev–Trinajstić information content (AvgIpc) is 3.37. The molecule has 0 saturated heterocycles. The van der Waals surface area contributed by atoms with Gasteiger partial charge in [-0.2, -0.15) is 5.10 Å². The maximum atomic E-state index is 12.4. The van der Waals surface area contributed by atoms with Crippen LogP contribution in [-0.2, 0) is 0 Å². The minimum absolute atomic E-state index is 0. The zero-order chi connectivity index (χ0) is 20.8. The molecule has 158 valence electrons. The molecule has 0 spiro atoms. The van der Waals surface area contributed by atoms with Crippen LogP contribution < -0.4 is 5.69 Å². The van der Waals surface area contributed by atoms with E-state index in [0.717, 1.165) is 29.5 Å². The average molecular weight is 436 g/mol. The quantitative estimate of drug-likeness (QED) is 0.449. The number of aryl methyl sites for hydroxylation is 1. The van der Waals surface area contributed by atoms with Gasteiger partial charge in [0.15, 0.2) is 11.6 Å². The third-order valence-electron chi connectivity index (χ3n) is 5.49. The Bertz CT molecular complexity index is 1320. The highest BCUT2D eigenvalue weighted by Gasteiger charge is 2.31.